The average Bonchev–Trinajstić information content (AvgIpc) is 3.00. The number of amides is 1. The number of rotatable bonds is 3. The second-order valence-electron chi connectivity index (χ2n) is 6.22. The highest BCUT2D eigenvalue weighted by Gasteiger charge is 2.23. The van der Waals surface area contributed by atoms with E-state index in [0.717, 1.165) is 33.5 Å². The first-order chi connectivity index (χ1) is 11.3. The molecule has 0 aliphatic heterocycles. The van der Waals surface area contributed by atoms with Crippen LogP contribution in [0, 0.1) is 27.7 Å². The van der Waals surface area contributed by atoms with Crippen molar-refractivity contribution in [2.24, 2.45) is 0 Å². The predicted molar refractivity (Wildman–Crippen MR) is 94.6 cm³/mol. The number of aryl methyl sites for hydroxylation is 4. The van der Waals surface area contributed by atoms with E-state index in [9.17, 15) is 4.79 Å². The van der Waals surface area contributed by atoms with Crippen molar-refractivity contribution in [3.63, 3.8) is 0 Å². The first-order valence-electron chi connectivity index (χ1n) is 7.81. The smallest absolute Gasteiger partial charge is 0.287 e. The predicted octanol–water partition coefficient (Wildman–Crippen LogP) is 4.53. The largest absolute Gasteiger partial charge is 0.449 e. The molecule has 1 unspecified atom stereocenters. The van der Waals surface area contributed by atoms with Crippen LogP contribution >= 0.6 is 11.6 Å². The summed E-state index contributed by atoms with van der Waals surface area (Å²) in [5.41, 5.74) is 5.18. The van der Waals surface area contributed by atoms with Crippen molar-refractivity contribution < 1.29 is 9.21 Å². The Hall–Kier alpha value is -2.27. The van der Waals surface area contributed by atoms with Crippen LogP contribution in [-0.2, 0) is 0 Å². The molecular formula is C18H20ClN3O2. The summed E-state index contributed by atoms with van der Waals surface area (Å²) in [6.07, 6.45) is 0. The summed E-state index contributed by atoms with van der Waals surface area (Å²) in [6, 6.07) is 3.63. The van der Waals surface area contributed by atoms with E-state index in [-0.39, 0.29) is 11.9 Å². The molecule has 5 nitrogen and oxygen atoms in total. The fourth-order valence-electron chi connectivity index (χ4n) is 3.16. The molecule has 2 aromatic heterocycles. The Morgan fingerprint density at radius 2 is 2.00 bits per heavy atom. The van der Waals surface area contributed by atoms with E-state index in [1.165, 1.54) is 0 Å². The molecule has 2 N–H and O–H groups in total. The summed E-state index contributed by atoms with van der Waals surface area (Å²) in [6.45, 7) is 9.61. The monoisotopic (exact) mass is 345 g/mol. The number of nitrogens with one attached hydrogen (secondary N) is 2. The maximum atomic E-state index is 12.7. The SMILES string of the molecule is Cc1cc(Cl)c2oc(C(=O)NC(C)c3c(C)n[nH]c3C)c(C)c2c1. The van der Waals surface area contributed by atoms with Crippen molar-refractivity contribution in [1.29, 1.82) is 0 Å². The maximum absolute atomic E-state index is 12.7. The molecule has 0 aliphatic rings. The standard InChI is InChI=1S/C18H20ClN3O2/c1-8-6-13-9(2)16(24-17(13)14(19)7-8)18(23)20-10(3)15-11(4)21-22-12(15)5/h6-7,10H,1-5H3,(H,20,23)(H,21,22). The quantitative estimate of drug-likeness (QED) is 0.732. The van der Waals surface area contributed by atoms with Gasteiger partial charge in [0.15, 0.2) is 11.3 Å². The van der Waals surface area contributed by atoms with Crippen LogP contribution in [0.4, 0.5) is 0 Å². The van der Waals surface area contributed by atoms with E-state index in [1.54, 1.807) is 0 Å². The van der Waals surface area contributed by atoms with Gasteiger partial charge in [-0.3, -0.25) is 9.89 Å². The Morgan fingerprint density at radius 3 is 2.62 bits per heavy atom. The number of hydrogen-bond acceptors (Lipinski definition) is 3. The zero-order valence-corrected chi connectivity index (χ0v) is 15.1. The molecular weight excluding hydrogens is 326 g/mol. The van der Waals surface area contributed by atoms with Crippen LogP contribution < -0.4 is 5.32 Å². The van der Waals surface area contributed by atoms with Crippen molar-refractivity contribution in [2.45, 2.75) is 40.7 Å². The summed E-state index contributed by atoms with van der Waals surface area (Å²) in [5, 5.41) is 11.5. The number of H-pyrrole nitrogens is 1. The highest BCUT2D eigenvalue weighted by atomic mass is 35.5. The zero-order valence-electron chi connectivity index (χ0n) is 14.4. The van der Waals surface area contributed by atoms with Crippen molar-refractivity contribution in [3.05, 3.63) is 51.0 Å². The molecule has 0 fully saturated rings. The van der Waals surface area contributed by atoms with Gasteiger partial charge in [0.05, 0.1) is 16.8 Å². The molecule has 1 aromatic carbocycles. The topological polar surface area (TPSA) is 70.9 Å². The minimum absolute atomic E-state index is 0.180. The van der Waals surface area contributed by atoms with E-state index in [4.69, 9.17) is 16.0 Å². The number of hydrogen-bond donors (Lipinski definition) is 2. The van der Waals surface area contributed by atoms with E-state index >= 15 is 0 Å². The third-order valence-corrected chi connectivity index (χ3v) is 4.59. The summed E-state index contributed by atoms with van der Waals surface area (Å²) in [7, 11) is 0. The first-order valence-corrected chi connectivity index (χ1v) is 8.19. The molecule has 0 saturated heterocycles. The van der Waals surface area contributed by atoms with Gasteiger partial charge < -0.3 is 9.73 Å². The summed E-state index contributed by atoms with van der Waals surface area (Å²) >= 11 is 6.24. The van der Waals surface area contributed by atoms with Gasteiger partial charge in [-0.15, -0.1) is 0 Å². The normalized spacial score (nSPS) is 12.6. The fourth-order valence-corrected chi connectivity index (χ4v) is 3.47. The van der Waals surface area contributed by atoms with Gasteiger partial charge in [-0.05, 0) is 52.3 Å². The molecule has 2 heterocycles. The van der Waals surface area contributed by atoms with Crippen LogP contribution in [0.3, 0.4) is 0 Å². The van der Waals surface area contributed by atoms with E-state index < -0.39 is 0 Å². The molecule has 0 bridgehead atoms. The molecule has 1 atom stereocenters. The van der Waals surface area contributed by atoms with Gasteiger partial charge in [-0.1, -0.05) is 11.6 Å². The Bertz CT molecular complexity index is 920. The van der Waals surface area contributed by atoms with Crippen LogP contribution in [0.15, 0.2) is 16.5 Å². The summed E-state index contributed by atoms with van der Waals surface area (Å²) < 4.78 is 5.76. The van der Waals surface area contributed by atoms with Crippen molar-refractivity contribution >= 4 is 28.5 Å². The van der Waals surface area contributed by atoms with E-state index in [2.05, 4.69) is 15.5 Å². The average molecular weight is 346 g/mol. The van der Waals surface area contributed by atoms with Crippen LogP contribution in [0.5, 0.6) is 0 Å². The Balaban J connectivity index is 1.95. The lowest BCUT2D eigenvalue weighted by Gasteiger charge is -2.13. The first kappa shape index (κ1) is 16.6. The Labute approximate surface area is 145 Å². The minimum Gasteiger partial charge on any atom is -0.449 e. The van der Waals surface area contributed by atoms with E-state index in [1.807, 2.05) is 46.8 Å². The van der Waals surface area contributed by atoms with Gasteiger partial charge in [-0.2, -0.15) is 5.10 Å². The summed E-state index contributed by atoms with van der Waals surface area (Å²) in [4.78, 5) is 12.7. The third kappa shape index (κ3) is 2.69. The van der Waals surface area contributed by atoms with Crippen molar-refractivity contribution in [3.8, 4) is 0 Å². The van der Waals surface area contributed by atoms with E-state index in [0.29, 0.717) is 16.4 Å². The molecule has 6 heteroatoms. The lowest BCUT2D eigenvalue weighted by atomic mass is 10.1. The Kier molecular flexibility index (Phi) is 4.13. The lowest BCUT2D eigenvalue weighted by Crippen LogP contribution is -2.27. The van der Waals surface area contributed by atoms with Crippen LogP contribution in [0.25, 0.3) is 11.0 Å². The molecule has 3 aromatic rings. The van der Waals surface area contributed by atoms with Crippen LogP contribution in [0.2, 0.25) is 5.02 Å². The number of benzene rings is 1. The maximum Gasteiger partial charge on any atom is 0.287 e. The molecule has 0 aliphatic carbocycles. The van der Waals surface area contributed by atoms with Gasteiger partial charge in [0.25, 0.3) is 5.91 Å². The number of aromatic amines is 1. The molecule has 0 radical (unpaired) electrons. The molecule has 0 spiro atoms. The number of nitrogens with zero attached hydrogens (tertiary/aromatic N) is 1. The second kappa shape index (κ2) is 5.98. The highest BCUT2D eigenvalue weighted by molar-refractivity contribution is 6.35. The second-order valence-corrected chi connectivity index (χ2v) is 6.63. The van der Waals surface area contributed by atoms with Gasteiger partial charge in [0, 0.05) is 22.2 Å². The molecule has 126 valence electrons. The lowest BCUT2D eigenvalue weighted by molar-refractivity contribution is 0.0913. The van der Waals surface area contributed by atoms with Gasteiger partial charge in [0.2, 0.25) is 0 Å². The molecule has 3 rings (SSSR count). The minimum atomic E-state index is -0.259. The van der Waals surface area contributed by atoms with Gasteiger partial charge in [-0.25, -0.2) is 0 Å². The fraction of sp³-hybridized carbons (Fsp3) is 0.333. The van der Waals surface area contributed by atoms with Gasteiger partial charge >= 0.3 is 0 Å². The third-order valence-electron chi connectivity index (χ3n) is 4.31. The number of carbonyl (C=O) groups is 1. The van der Waals surface area contributed by atoms with Crippen molar-refractivity contribution in [1.82, 2.24) is 15.5 Å². The number of aromatic nitrogens is 2. The number of halogens is 1. The van der Waals surface area contributed by atoms with Crippen LogP contribution in [-0.4, -0.2) is 16.1 Å². The molecule has 0 saturated carbocycles. The number of furan rings is 1. The number of fused-ring (bicyclic) bond motifs is 1. The molecule has 1 amide bonds. The Morgan fingerprint density at radius 1 is 1.29 bits per heavy atom. The highest BCUT2D eigenvalue weighted by Crippen LogP contribution is 2.32. The molecule has 24 heavy (non-hydrogen) atoms. The summed E-state index contributed by atoms with van der Waals surface area (Å²) in [5.74, 6) is 0.0353. The number of carbonyl (C=O) groups excluding carboxylic acids is 1. The van der Waals surface area contributed by atoms with Crippen molar-refractivity contribution in [2.75, 3.05) is 0 Å². The van der Waals surface area contributed by atoms with Crippen LogP contribution in [0.1, 0.15) is 51.6 Å². The van der Waals surface area contributed by atoms with Gasteiger partial charge in [0.1, 0.15) is 0 Å². The zero-order chi connectivity index (χ0) is 17.6.